The third kappa shape index (κ3) is 4.49. The molecular weight excluding hydrogens is 426 g/mol. The lowest BCUT2D eigenvalue weighted by Crippen LogP contribution is -2.24. The maximum atomic E-state index is 13.0. The highest BCUT2D eigenvalue weighted by Gasteiger charge is 2.34. The lowest BCUT2D eigenvalue weighted by atomic mass is 10.1. The molecule has 4 aromatic rings. The molecule has 1 aromatic heterocycles. The second-order valence-electron chi connectivity index (χ2n) is 8.60. The standard InChI is InChI=1S/C28H29N3O3/c1-3-33-23-14-10-22(11-15-23)31-19-21(18-27(31)32)28-29-25-6-4-5-7-26(25)30(28)16-17-34-24-12-8-20(2)9-13-24/h4-15,21H,3,16-19H2,1-2H3/t21-/m0/s1. The number of benzene rings is 3. The van der Waals surface area contributed by atoms with Crippen molar-refractivity contribution in [2.24, 2.45) is 0 Å². The Labute approximate surface area is 199 Å². The number of carbonyl (C=O) groups excluding carboxylic acids is 1. The minimum Gasteiger partial charge on any atom is -0.494 e. The molecule has 3 aromatic carbocycles. The van der Waals surface area contributed by atoms with Crippen molar-refractivity contribution in [2.45, 2.75) is 32.7 Å². The Bertz CT molecular complexity index is 1280. The van der Waals surface area contributed by atoms with Crippen LogP contribution in [0.3, 0.4) is 0 Å². The van der Waals surface area contributed by atoms with Gasteiger partial charge in [0.05, 0.1) is 24.2 Å². The van der Waals surface area contributed by atoms with Gasteiger partial charge in [0.25, 0.3) is 0 Å². The number of fused-ring (bicyclic) bond motifs is 1. The molecule has 1 aliphatic heterocycles. The van der Waals surface area contributed by atoms with Gasteiger partial charge in [0.1, 0.15) is 23.9 Å². The van der Waals surface area contributed by atoms with E-state index >= 15 is 0 Å². The largest absolute Gasteiger partial charge is 0.494 e. The molecule has 0 N–H and O–H groups in total. The van der Waals surface area contributed by atoms with Gasteiger partial charge < -0.3 is 18.9 Å². The molecule has 1 aliphatic rings. The zero-order valence-corrected chi connectivity index (χ0v) is 19.6. The second kappa shape index (κ2) is 9.59. The van der Waals surface area contributed by atoms with Crippen molar-refractivity contribution in [1.29, 1.82) is 0 Å². The van der Waals surface area contributed by atoms with Crippen LogP contribution in [-0.4, -0.2) is 35.2 Å². The summed E-state index contributed by atoms with van der Waals surface area (Å²) in [6.45, 7) is 6.44. The van der Waals surface area contributed by atoms with Crippen molar-refractivity contribution in [2.75, 3.05) is 24.7 Å². The molecule has 0 saturated carbocycles. The smallest absolute Gasteiger partial charge is 0.227 e. The molecule has 1 saturated heterocycles. The molecule has 6 heteroatoms. The van der Waals surface area contributed by atoms with E-state index in [1.165, 1.54) is 5.56 Å². The molecule has 2 heterocycles. The molecule has 6 nitrogen and oxygen atoms in total. The first-order valence-electron chi connectivity index (χ1n) is 11.8. The quantitative estimate of drug-likeness (QED) is 0.360. The number of aryl methyl sites for hydroxylation is 1. The number of nitrogens with zero attached hydrogens (tertiary/aromatic N) is 3. The summed E-state index contributed by atoms with van der Waals surface area (Å²) in [5.74, 6) is 2.74. The highest BCUT2D eigenvalue weighted by molar-refractivity contribution is 5.96. The van der Waals surface area contributed by atoms with Crippen LogP contribution in [-0.2, 0) is 11.3 Å². The van der Waals surface area contributed by atoms with E-state index in [-0.39, 0.29) is 11.8 Å². The number of rotatable bonds is 8. The number of aromatic nitrogens is 2. The van der Waals surface area contributed by atoms with Gasteiger partial charge in [-0.05, 0) is 62.4 Å². The third-order valence-corrected chi connectivity index (χ3v) is 6.24. The van der Waals surface area contributed by atoms with E-state index in [1.807, 2.05) is 78.6 Å². The van der Waals surface area contributed by atoms with Crippen LogP contribution in [0.25, 0.3) is 11.0 Å². The first-order valence-corrected chi connectivity index (χ1v) is 11.8. The van der Waals surface area contributed by atoms with E-state index in [2.05, 4.69) is 17.6 Å². The Morgan fingerprint density at radius 1 is 0.941 bits per heavy atom. The van der Waals surface area contributed by atoms with Crippen molar-refractivity contribution in [3.8, 4) is 11.5 Å². The van der Waals surface area contributed by atoms with Gasteiger partial charge >= 0.3 is 0 Å². The zero-order chi connectivity index (χ0) is 23.5. The van der Waals surface area contributed by atoms with Crippen LogP contribution in [0, 0.1) is 6.92 Å². The van der Waals surface area contributed by atoms with Gasteiger partial charge in [0.15, 0.2) is 0 Å². The van der Waals surface area contributed by atoms with E-state index < -0.39 is 0 Å². The van der Waals surface area contributed by atoms with E-state index in [0.717, 1.165) is 34.0 Å². The Balaban J connectivity index is 1.36. The predicted octanol–water partition coefficient (Wildman–Crippen LogP) is 5.34. The van der Waals surface area contributed by atoms with Crippen LogP contribution in [0.4, 0.5) is 5.69 Å². The van der Waals surface area contributed by atoms with Crippen LogP contribution in [0.5, 0.6) is 11.5 Å². The third-order valence-electron chi connectivity index (χ3n) is 6.24. The SMILES string of the molecule is CCOc1ccc(N2C[C@@H](c3nc4ccccc4n3CCOc3ccc(C)cc3)CC2=O)cc1. The lowest BCUT2D eigenvalue weighted by molar-refractivity contribution is -0.117. The van der Waals surface area contributed by atoms with Crippen molar-refractivity contribution >= 4 is 22.6 Å². The van der Waals surface area contributed by atoms with Gasteiger partial charge in [0.2, 0.25) is 5.91 Å². The minimum absolute atomic E-state index is 0.0193. The van der Waals surface area contributed by atoms with Crippen molar-refractivity contribution < 1.29 is 14.3 Å². The lowest BCUT2D eigenvalue weighted by Gasteiger charge is -2.18. The van der Waals surface area contributed by atoms with Crippen molar-refractivity contribution in [1.82, 2.24) is 9.55 Å². The highest BCUT2D eigenvalue weighted by atomic mass is 16.5. The fourth-order valence-corrected chi connectivity index (χ4v) is 4.55. The number of imidazole rings is 1. The van der Waals surface area contributed by atoms with Gasteiger partial charge in [-0.15, -0.1) is 0 Å². The molecule has 0 radical (unpaired) electrons. The van der Waals surface area contributed by atoms with Gasteiger partial charge in [-0.25, -0.2) is 4.98 Å². The Morgan fingerprint density at radius 3 is 2.41 bits per heavy atom. The summed E-state index contributed by atoms with van der Waals surface area (Å²) in [5, 5.41) is 0. The summed E-state index contributed by atoms with van der Waals surface area (Å²) >= 11 is 0. The summed E-state index contributed by atoms with van der Waals surface area (Å²) in [6, 6.07) is 23.9. The summed E-state index contributed by atoms with van der Waals surface area (Å²) in [7, 11) is 0. The number of hydrogen-bond donors (Lipinski definition) is 0. The average molecular weight is 456 g/mol. The molecule has 1 amide bonds. The molecular formula is C28H29N3O3. The van der Waals surface area contributed by atoms with Crippen LogP contribution in [0.15, 0.2) is 72.8 Å². The number of hydrogen-bond acceptors (Lipinski definition) is 4. The number of para-hydroxylation sites is 2. The monoisotopic (exact) mass is 455 g/mol. The Morgan fingerprint density at radius 2 is 1.65 bits per heavy atom. The minimum atomic E-state index is 0.0193. The maximum absolute atomic E-state index is 13.0. The molecule has 0 aliphatic carbocycles. The first kappa shape index (κ1) is 22.0. The van der Waals surface area contributed by atoms with Crippen molar-refractivity contribution in [3.63, 3.8) is 0 Å². The summed E-state index contributed by atoms with van der Waals surface area (Å²) < 4.78 is 13.8. The van der Waals surface area contributed by atoms with E-state index in [9.17, 15) is 4.79 Å². The van der Waals surface area contributed by atoms with Gasteiger partial charge in [0, 0.05) is 24.6 Å². The summed E-state index contributed by atoms with van der Waals surface area (Å²) in [4.78, 5) is 19.8. The van der Waals surface area contributed by atoms with Gasteiger partial charge in [-0.2, -0.15) is 0 Å². The van der Waals surface area contributed by atoms with Crippen LogP contribution in [0.2, 0.25) is 0 Å². The fraction of sp³-hybridized carbons (Fsp3) is 0.286. The fourth-order valence-electron chi connectivity index (χ4n) is 4.55. The van der Waals surface area contributed by atoms with Crippen LogP contribution >= 0.6 is 0 Å². The molecule has 0 bridgehead atoms. The van der Waals surface area contributed by atoms with E-state index in [1.54, 1.807) is 0 Å². The van der Waals surface area contributed by atoms with Gasteiger partial charge in [-0.1, -0.05) is 29.8 Å². The topological polar surface area (TPSA) is 56.6 Å². The molecule has 0 spiro atoms. The molecule has 174 valence electrons. The molecule has 0 unspecified atom stereocenters. The number of ether oxygens (including phenoxy) is 2. The van der Waals surface area contributed by atoms with E-state index in [0.29, 0.717) is 32.7 Å². The Hall–Kier alpha value is -3.80. The number of carbonyl (C=O) groups is 1. The zero-order valence-electron chi connectivity index (χ0n) is 19.6. The summed E-state index contributed by atoms with van der Waals surface area (Å²) in [6.07, 6.45) is 0.440. The summed E-state index contributed by atoms with van der Waals surface area (Å²) in [5.41, 5.74) is 4.11. The van der Waals surface area contributed by atoms with Crippen molar-refractivity contribution in [3.05, 3.63) is 84.2 Å². The normalized spacial score (nSPS) is 15.8. The Kier molecular flexibility index (Phi) is 6.21. The molecule has 5 rings (SSSR count). The van der Waals surface area contributed by atoms with E-state index in [4.69, 9.17) is 14.5 Å². The molecule has 34 heavy (non-hydrogen) atoms. The van der Waals surface area contributed by atoms with Crippen LogP contribution < -0.4 is 14.4 Å². The van der Waals surface area contributed by atoms with Gasteiger partial charge in [-0.3, -0.25) is 4.79 Å². The van der Waals surface area contributed by atoms with Crippen LogP contribution in [0.1, 0.15) is 30.7 Å². The number of amides is 1. The molecule has 1 atom stereocenters. The first-order chi connectivity index (χ1) is 16.6. The second-order valence-corrected chi connectivity index (χ2v) is 8.60. The maximum Gasteiger partial charge on any atom is 0.227 e. The predicted molar refractivity (Wildman–Crippen MR) is 134 cm³/mol. The number of anilines is 1. The average Bonchev–Trinajstić information content (AvgIpc) is 3.42. The molecule has 1 fully saturated rings. The highest BCUT2D eigenvalue weighted by Crippen LogP contribution is 2.34.